The summed E-state index contributed by atoms with van der Waals surface area (Å²) < 4.78 is 40.0. The van der Waals surface area contributed by atoms with Gasteiger partial charge in [-0.3, -0.25) is 4.98 Å². The van der Waals surface area contributed by atoms with Crippen LogP contribution in [0.2, 0.25) is 0 Å². The van der Waals surface area contributed by atoms with Gasteiger partial charge in [0.25, 0.3) is 0 Å². The summed E-state index contributed by atoms with van der Waals surface area (Å²) in [5.41, 5.74) is 0.102. The second-order valence-electron chi connectivity index (χ2n) is 7.77. The third-order valence-electron chi connectivity index (χ3n) is 5.40. The van der Waals surface area contributed by atoms with E-state index in [2.05, 4.69) is 17.2 Å². The van der Waals surface area contributed by atoms with Gasteiger partial charge in [0.05, 0.1) is 11.1 Å². The molecule has 0 unspecified atom stereocenters. The standard InChI is InChI=1S/C20H22F3N3O/c1-12-9-13(11-26(10-12)19(27)25-14-4-5-14)15-6-7-17(20(21,22)23)18-16(15)3-2-8-24-18/h2-3,6-8,12-14H,4-5,9-11H2,1H3,(H,25,27)/t12-,13+/m1/s1. The number of carbonyl (C=O) groups is 1. The summed E-state index contributed by atoms with van der Waals surface area (Å²) in [5.74, 6) is 0.274. The van der Waals surface area contributed by atoms with Crippen molar-refractivity contribution in [1.82, 2.24) is 15.2 Å². The van der Waals surface area contributed by atoms with E-state index in [1.807, 2.05) is 0 Å². The third kappa shape index (κ3) is 3.73. The number of nitrogens with zero attached hydrogens (tertiary/aromatic N) is 2. The van der Waals surface area contributed by atoms with Crippen LogP contribution in [0.3, 0.4) is 0 Å². The number of hydrogen-bond donors (Lipinski definition) is 1. The molecule has 2 amide bonds. The Morgan fingerprint density at radius 2 is 2.00 bits per heavy atom. The molecule has 1 saturated carbocycles. The quantitative estimate of drug-likeness (QED) is 0.834. The summed E-state index contributed by atoms with van der Waals surface area (Å²) in [6, 6.07) is 6.26. The van der Waals surface area contributed by atoms with E-state index in [1.165, 1.54) is 6.20 Å². The van der Waals surface area contributed by atoms with E-state index in [-0.39, 0.29) is 29.4 Å². The maximum Gasteiger partial charge on any atom is 0.418 e. The van der Waals surface area contributed by atoms with Gasteiger partial charge in [-0.25, -0.2) is 4.79 Å². The fourth-order valence-electron chi connectivity index (χ4n) is 4.02. The number of benzene rings is 1. The number of likely N-dealkylation sites (tertiary alicyclic amines) is 1. The van der Waals surface area contributed by atoms with Gasteiger partial charge in [-0.1, -0.05) is 19.1 Å². The van der Waals surface area contributed by atoms with Crippen molar-refractivity contribution >= 4 is 16.9 Å². The summed E-state index contributed by atoms with van der Waals surface area (Å²) in [6.45, 7) is 3.26. The number of rotatable bonds is 2. The maximum absolute atomic E-state index is 13.3. The fourth-order valence-corrected chi connectivity index (χ4v) is 4.02. The van der Waals surface area contributed by atoms with Gasteiger partial charge in [-0.2, -0.15) is 13.2 Å². The molecule has 0 spiro atoms. The van der Waals surface area contributed by atoms with Crippen LogP contribution in [0.1, 0.15) is 43.2 Å². The zero-order chi connectivity index (χ0) is 19.2. The molecule has 4 rings (SSSR count). The predicted molar refractivity (Wildman–Crippen MR) is 96.4 cm³/mol. The smallest absolute Gasteiger partial charge is 0.335 e. The van der Waals surface area contributed by atoms with Crippen LogP contribution in [0.5, 0.6) is 0 Å². The number of alkyl halides is 3. The van der Waals surface area contributed by atoms with Crippen molar-refractivity contribution < 1.29 is 18.0 Å². The lowest BCUT2D eigenvalue weighted by Crippen LogP contribution is -2.48. The molecule has 1 aromatic heterocycles. The fraction of sp³-hybridized carbons (Fsp3) is 0.500. The molecule has 2 aliphatic rings. The molecule has 2 fully saturated rings. The lowest BCUT2D eigenvalue weighted by Gasteiger charge is -2.37. The Labute approximate surface area is 155 Å². The van der Waals surface area contributed by atoms with Gasteiger partial charge in [0.1, 0.15) is 0 Å². The van der Waals surface area contributed by atoms with Crippen molar-refractivity contribution in [2.75, 3.05) is 13.1 Å². The molecule has 4 nitrogen and oxygen atoms in total. The van der Waals surface area contributed by atoms with E-state index in [0.29, 0.717) is 18.5 Å². The van der Waals surface area contributed by atoms with Crippen molar-refractivity contribution in [3.05, 3.63) is 41.6 Å². The molecule has 1 N–H and O–H groups in total. The van der Waals surface area contributed by atoms with Crippen LogP contribution >= 0.6 is 0 Å². The van der Waals surface area contributed by atoms with Crippen LogP contribution in [0.4, 0.5) is 18.0 Å². The predicted octanol–water partition coefficient (Wildman–Crippen LogP) is 4.55. The Hall–Kier alpha value is -2.31. The lowest BCUT2D eigenvalue weighted by molar-refractivity contribution is -0.136. The summed E-state index contributed by atoms with van der Waals surface area (Å²) in [5, 5.41) is 3.53. The topological polar surface area (TPSA) is 45.2 Å². The second-order valence-corrected chi connectivity index (χ2v) is 7.77. The molecule has 1 aromatic carbocycles. The maximum atomic E-state index is 13.3. The molecule has 144 valence electrons. The van der Waals surface area contributed by atoms with Gasteiger partial charge < -0.3 is 10.2 Å². The Kier molecular flexibility index (Phi) is 4.48. The Balaban J connectivity index is 1.67. The van der Waals surface area contributed by atoms with Crippen molar-refractivity contribution in [2.24, 2.45) is 5.92 Å². The number of pyridine rings is 1. The Morgan fingerprint density at radius 1 is 1.22 bits per heavy atom. The van der Waals surface area contributed by atoms with E-state index in [4.69, 9.17) is 0 Å². The van der Waals surface area contributed by atoms with Gasteiger partial charge in [0.15, 0.2) is 0 Å². The molecule has 2 aromatic rings. The third-order valence-corrected chi connectivity index (χ3v) is 5.40. The zero-order valence-corrected chi connectivity index (χ0v) is 15.1. The zero-order valence-electron chi connectivity index (χ0n) is 15.1. The minimum Gasteiger partial charge on any atom is -0.335 e. The highest BCUT2D eigenvalue weighted by atomic mass is 19.4. The molecule has 2 atom stereocenters. The largest absolute Gasteiger partial charge is 0.418 e. The molecule has 2 heterocycles. The van der Waals surface area contributed by atoms with Crippen molar-refractivity contribution in [3.8, 4) is 0 Å². The van der Waals surface area contributed by atoms with Gasteiger partial charge in [-0.15, -0.1) is 0 Å². The van der Waals surface area contributed by atoms with E-state index < -0.39 is 11.7 Å². The number of nitrogens with one attached hydrogen (secondary N) is 1. The summed E-state index contributed by atoms with van der Waals surface area (Å²) in [4.78, 5) is 18.3. The molecule has 1 saturated heterocycles. The number of carbonyl (C=O) groups excluding carboxylic acids is 1. The number of urea groups is 1. The molecule has 1 aliphatic heterocycles. The van der Waals surface area contributed by atoms with Crippen LogP contribution in [-0.2, 0) is 6.18 Å². The second kappa shape index (κ2) is 6.69. The monoisotopic (exact) mass is 377 g/mol. The molecular weight excluding hydrogens is 355 g/mol. The molecule has 0 bridgehead atoms. The highest BCUT2D eigenvalue weighted by Crippen LogP contribution is 2.39. The van der Waals surface area contributed by atoms with Crippen molar-refractivity contribution in [1.29, 1.82) is 0 Å². The average molecular weight is 377 g/mol. The first-order valence-electron chi connectivity index (χ1n) is 9.33. The van der Waals surface area contributed by atoms with E-state index in [1.54, 1.807) is 23.1 Å². The van der Waals surface area contributed by atoms with E-state index >= 15 is 0 Å². The highest BCUT2D eigenvalue weighted by Gasteiger charge is 2.36. The van der Waals surface area contributed by atoms with Gasteiger partial charge in [0, 0.05) is 36.6 Å². The Morgan fingerprint density at radius 3 is 2.70 bits per heavy atom. The molecule has 27 heavy (non-hydrogen) atoms. The van der Waals surface area contributed by atoms with Gasteiger partial charge >= 0.3 is 12.2 Å². The SMILES string of the molecule is C[C@@H]1C[C@H](c2ccc(C(F)(F)F)c3ncccc23)CN(C(=O)NC2CC2)C1. The minimum absolute atomic E-state index is 0.00677. The summed E-state index contributed by atoms with van der Waals surface area (Å²) in [7, 11) is 0. The van der Waals surface area contributed by atoms with Crippen LogP contribution in [0.25, 0.3) is 10.9 Å². The van der Waals surface area contributed by atoms with Crippen LogP contribution in [0, 0.1) is 5.92 Å². The molecular formula is C20H22F3N3O. The van der Waals surface area contributed by atoms with Gasteiger partial charge in [0.2, 0.25) is 0 Å². The van der Waals surface area contributed by atoms with Crippen molar-refractivity contribution in [3.63, 3.8) is 0 Å². The number of fused-ring (bicyclic) bond motifs is 1. The first kappa shape index (κ1) is 18.1. The number of amides is 2. The summed E-state index contributed by atoms with van der Waals surface area (Å²) >= 11 is 0. The average Bonchev–Trinajstić information content (AvgIpc) is 3.43. The molecule has 7 heteroatoms. The van der Waals surface area contributed by atoms with Crippen LogP contribution < -0.4 is 5.32 Å². The first-order chi connectivity index (χ1) is 12.8. The van der Waals surface area contributed by atoms with Gasteiger partial charge in [-0.05, 0) is 42.9 Å². The molecule has 1 aliphatic carbocycles. The van der Waals surface area contributed by atoms with E-state index in [0.717, 1.165) is 30.9 Å². The number of hydrogen-bond acceptors (Lipinski definition) is 2. The number of piperidine rings is 1. The Bertz CT molecular complexity index is 863. The minimum atomic E-state index is -4.44. The first-order valence-corrected chi connectivity index (χ1v) is 9.33. The number of halogens is 3. The highest BCUT2D eigenvalue weighted by molar-refractivity contribution is 5.86. The van der Waals surface area contributed by atoms with E-state index in [9.17, 15) is 18.0 Å². The van der Waals surface area contributed by atoms with Crippen LogP contribution in [-0.4, -0.2) is 35.0 Å². The van der Waals surface area contributed by atoms with Crippen LogP contribution in [0.15, 0.2) is 30.5 Å². The molecule has 0 radical (unpaired) electrons. The van der Waals surface area contributed by atoms with Crippen molar-refractivity contribution in [2.45, 2.75) is 44.3 Å². The summed E-state index contributed by atoms with van der Waals surface area (Å²) in [6.07, 6.45) is -0.175. The normalized spacial score (nSPS) is 23.5. The number of aromatic nitrogens is 1. The lowest BCUT2D eigenvalue weighted by atomic mass is 9.83.